The average Bonchev–Trinajstić information content (AvgIpc) is 3.11. The van der Waals surface area contributed by atoms with Crippen molar-refractivity contribution in [2.75, 3.05) is 5.32 Å². The number of hydrogen-bond donors (Lipinski definition) is 1. The molecule has 0 saturated heterocycles. The molecule has 4 rings (SSSR count). The highest BCUT2D eigenvalue weighted by molar-refractivity contribution is 7.15. The molecule has 142 valence electrons. The van der Waals surface area contributed by atoms with Crippen LogP contribution in [0.2, 0.25) is 0 Å². The van der Waals surface area contributed by atoms with Gasteiger partial charge < -0.3 is 4.74 Å². The summed E-state index contributed by atoms with van der Waals surface area (Å²) < 4.78 is 5.34. The summed E-state index contributed by atoms with van der Waals surface area (Å²) in [6.45, 7) is 3.98. The van der Waals surface area contributed by atoms with Gasteiger partial charge in [-0.05, 0) is 31.0 Å². The SMILES string of the molecule is Cc1ccc(Cc2cnc(NC(=O)[C@H]3Cc4ccc(C)cc4C(=O)O3)s2)cc1. The molecule has 0 saturated carbocycles. The van der Waals surface area contributed by atoms with E-state index in [-0.39, 0.29) is 5.91 Å². The zero-order chi connectivity index (χ0) is 19.7. The van der Waals surface area contributed by atoms with Crippen molar-refractivity contribution in [3.8, 4) is 0 Å². The number of ether oxygens (including phenoxy) is 1. The Kier molecular flexibility index (Phi) is 4.96. The number of aryl methyl sites for hydroxylation is 2. The van der Waals surface area contributed by atoms with Gasteiger partial charge >= 0.3 is 5.97 Å². The number of hydrogen-bond acceptors (Lipinski definition) is 5. The lowest BCUT2D eigenvalue weighted by molar-refractivity contribution is -0.125. The van der Waals surface area contributed by atoms with Crippen molar-refractivity contribution in [1.82, 2.24) is 4.98 Å². The predicted octanol–water partition coefficient (Wildman–Crippen LogP) is 4.07. The molecule has 0 aliphatic carbocycles. The van der Waals surface area contributed by atoms with Gasteiger partial charge in [0.2, 0.25) is 0 Å². The van der Waals surface area contributed by atoms with E-state index in [1.54, 1.807) is 12.3 Å². The molecule has 1 aliphatic heterocycles. The number of nitrogens with one attached hydrogen (secondary N) is 1. The number of esters is 1. The Labute approximate surface area is 167 Å². The Balaban J connectivity index is 1.41. The highest BCUT2D eigenvalue weighted by atomic mass is 32.1. The molecule has 2 heterocycles. The van der Waals surface area contributed by atoms with Crippen LogP contribution in [0.25, 0.3) is 0 Å². The van der Waals surface area contributed by atoms with Crippen LogP contribution in [0.3, 0.4) is 0 Å². The fraction of sp³-hybridized carbons (Fsp3) is 0.227. The van der Waals surface area contributed by atoms with Gasteiger partial charge in [-0.3, -0.25) is 10.1 Å². The number of fused-ring (bicyclic) bond motifs is 1. The monoisotopic (exact) mass is 392 g/mol. The third kappa shape index (κ3) is 3.97. The Morgan fingerprint density at radius 2 is 1.93 bits per heavy atom. The van der Waals surface area contributed by atoms with Gasteiger partial charge in [0.15, 0.2) is 11.2 Å². The fourth-order valence-corrected chi connectivity index (χ4v) is 4.03. The number of thiazole rings is 1. The molecule has 1 aromatic heterocycles. The minimum Gasteiger partial charge on any atom is -0.448 e. The molecule has 6 heteroatoms. The number of aromatic nitrogens is 1. The topological polar surface area (TPSA) is 68.3 Å². The molecule has 0 bridgehead atoms. The van der Waals surface area contributed by atoms with Gasteiger partial charge in [-0.15, -0.1) is 11.3 Å². The van der Waals surface area contributed by atoms with Crippen molar-refractivity contribution < 1.29 is 14.3 Å². The van der Waals surface area contributed by atoms with Gasteiger partial charge in [-0.1, -0.05) is 47.5 Å². The van der Waals surface area contributed by atoms with E-state index in [9.17, 15) is 9.59 Å². The quantitative estimate of drug-likeness (QED) is 0.680. The summed E-state index contributed by atoms with van der Waals surface area (Å²) >= 11 is 1.43. The van der Waals surface area contributed by atoms with E-state index in [1.807, 2.05) is 19.1 Å². The Morgan fingerprint density at radius 3 is 2.71 bits per heavy atom. The number of carbonyl (C=O) groups excluding carboxylic acids is 2. The molecular formula is C22H20N2O3S. The summed E-state index contributed by atoms with van der Waals surface area (Å²) in [6, 6.07) is 14.0. The van der Waals surface area contributed by atoms with E-state index in [0.29, 0.717) is 17.1 Å². The summed E-state index contributed by atoms with van der Waals surface area (Å²) in [7, 11) is 0. The van der Waals surface area contributed by atoms with Crippen LogP contribution in [-0.2, 0) is 22.4 Å². The number of benzene rings is 2. The number of anilines is 1. The molecule has 3 aromatic rings. The average molecular weight is 392 g/mol. The second kappa shape index (κ2) is 7.56. The first kappa shape index (κ1) is 18.4. The lowest BCUT2D eigenvalue weighted by Crippen LogP contribution is -2.38. The number of nitrogens with zero attached hydrogens (tertiary/aromatic N) is 1. The highest BCUT2D eigenvalue weighted by Crippen LogP contribution is 2.25. The first-order valence-corrected chi connectivity index (χ1v) is 9.91. The minimum absolute atomic E-state index is 0.351. The van der Waals surface area contributed by atoms with Crippen molar-refractivity contribution in [1.29, 1.82) is 0 Å². The largest absolute Gasteiger partial charge is 0.448 e. The molecule has 1 amide bonds. The smallest absolute Gasteiger partial charge is 0.339 e. The van der Waals surface area contributed by atoms with E-state index < -0.39 is 12.1 Å². The molecular weight excluding hydrogens is 372 g/mol. The molecule has 0 radical (unpaired) electrons. The van der Waals surface area contributed by atoms with Gasteiger partial charge in [0.25, 0.3) is 5.91 Å². The van der Waals surface area contributed by atoms with Gasteiger partial charge in [0.05, 0.1) is 5.56 Å². The Bertz CT molecular complexity index is 1040. The van der Waals surface area contributed by atoms with E-state index in [4.69, 9.17) is 4.74 Å². The Morgan fingerprint density at radius 1 is 1.18 bits per heavy atom. The third-order valence-corrected chi connectivity index (χ3v) is 5.63. The molecule has 5 nitrogen and oxygen atoms in total. The van der Waals surface area contributed by atoms with Crippen LogP contribution in [0.5, 0.6) is 0 Å². The fourth-order valence-electron chi connectivity index (χ4n) is 3.18. The van der Waals surface area contributed by atoms with Crippen LogP contribution in [0.1, 0.15) is 37.5 Å². The maximum absolute atomic E-state index is 12.6. The molecule has 1 atom stereocenters. The van der Waals surface area contributed by atoms with Gasteiger partial charge in [-0.25, -0.2) is 9.78 Å². The van der Waals surface area contributed by atoms with Crippen LogP contribution in [-0.4, -0.2) is 23.0 Å². The van der Waals surface area contributed by atoms with Gasteiger partial charge in [-0.2, -0.15) is 0 Å². The van der Waals surface area contributed by atoms with E-state index >= 15 is 0 Å². The molecule has 28 heavy (non-hydrogen) atoms. The first-order valence-electron chi connectivity index (χ1n) is 9.09. The van der Waals surface area contributed by atoms with Crippen molar-refractivity contribution in [3.63, 3.8) is 0 Å². The molecule has 0 spiro atoms. The zero-order valence-electron chi connectivity index (χ0n) is 15.7. The van der Waals surface area contributed by atoms with Crippen LogP contribution < -0.4 is 5.32 Å². The number of rotatable bonds is 4. The van der Waals surface area contributed by atoms with Crippen LogP contribution in [0.4, 0.5) is 5.13 Å². The number of carbonyl (C=O) groups is 2. The first-order chi connectivity index (χ1) is 13.5. The normalized spacial score (nSPS) is 15.6. The van der Waals surface area contributed by atoms with Crippen molar-refractivity contribution >= 4 is 28.3 Å². The second-order valence-electron chi connectivity index (χ2n) is 7.04. The number of amides is 1. The van der Waals surface area contributed by atoms with E-state index in [0.717, 1.165) is 22.4 Å². The summed E-state index contributed by atoms with van der Waals surface area (Å²) in [6.07, 6.45) is 2.06. The van der Waals surface area contributed by atoms with Crippen molar-refractivity contribution in [2.45, 2.75) is 32.8 Å². The summed E-state index contributed by atoms with van der Waals surface area (Å²) in [5.74, 6) is -0.805. The van der Waals surface area contributed by atoms with E-state index in [1.165, 1.54) is 22.5 Å². The minimum atomic E-state index is -0.841. The summed E-state index contributed by atoms with van der Waals surface area (Å²) in [4.78, 5) is 30.1. The summed E-state index contributed by atoms with van der Waals surface area (Å²) in [5, 5.41) is 3.29. The zero-order valence-corrected chi connectivity index (χ0v) is 16.5. The van der Waals surface area contributed by atoms with Crippen molar-refractivity contribution in [3.05, 3.63) is 81.4 Å². The molecule has 0 fully saturated rings. The predicted molar refractivity (Wildman–Crippen MR) is 109 cm³/mol. The van der Waals surface area contributed by atoms with Crippen LogP contribution in [0.15, 0.2) is 48.7 Å². The lowest BCUT2D eigenvalue weighted by Gasteiger charge is -2.23. The van der Waals surface area contributed by atoms with Gasteiger partial charge in [0.1, 0.15) is 0 Å². The maximum atomic E-state index is 12.6. The Hall–Kier alpha value is -2.99. The highest BCUT2D eigenvalue weighted by Gasteiger charge is 2.31. The molecule has 0 unspecified atom stereocenters. The lowest BCUT2D eigenvalue weighted by atomic mass is 9.96. The van der Waals surface area contributed by atoms with Crippen LogP contribution >= 0.6 is 11.3 Å². The van der Waals surface area contributed by atoms with Crippen LogP contribution in [0, 0.1) is 13.8 Å². The van der Waals surface area contributed by atoms with E-state index in [2.05, 4.69) is 41.5 Å². The number of cyclic esters (lactones) is 1. The molecule has 1 aliphatic rings. The van der Waals surface area contributed by atoms with Crippen molar-refractivity contribution in [2.24, 2.45) is 0 Å². The molecule has 2 aromatic carbocycles. The molecule has 1 N–H and O–H groups in total. The third-order valence-electron chi connectivity index (χ3n) is 4.71. The maximum Gasteiger partial charge on any atom is 0.339 e. The van der Waals surface area contributed by atoms with Gasteiger partial charge in [0, 0.05) is 23.9 Å². The summed E-state index contributed by atoms with van der Waals surface area (Å²) in [5.41, 5.74) is 4.78. The standard InChI is InChI=1S/C22H20N2O3S/c1-13-3-6-15(7-4-13)10-17-12-23-22(28-17)24-20(25)19-11-16-8-5-14(2)9-18(16)21(26)27-19/h3-9,12,19H,10-11H2,1-2H3,(H,23,24,25)/t19-/m1/s1. The second-order valence-corrected chi connectivity index (χ2v) is 8.16.